The summed E-state index contributed by atoms with van der Waals surface area (Å²) < 4.78 is 20.0. The van der Waals surface area contributed by atoms with E-state index in [0.717, 1.165) is 22.3 Å². The molecular weight excluding hydrogens is 652 g/mol. The van der Waals surface area contributed by atoms with Gasteiger partial charge in [0.05, 0.1) is 40.0 Å². The number of ether oxygens (including phenoxy) is 3. The number of methoxy groups -OCH3 is 1. The number of halogens is 1. The first kappa shape index (κ1) is 30.3. The van der Waals surface area contributed by atoms with Crippen molar-refractivity contribution < 1.29 is 19.0 Å². The minimum Gasteiger partial charge on any atom is -0.493 e. The van der Waals surface area contributed by atoms with Crippen molar-refractivity contribution in [1.29, 1.82) is 0 Å². The van der Waals surface area contributed by atoms with Crippen molar-refractivity contribution in [1.82, 2.24) is 4.57 Å². The van der Waals surface area contributed by atoms with Crippen LogP contribution in [0.15, 0.2) is 123 Å². The Morgan fingerprint density at radius 2 is 1.64 bits per heavy atom. The number of aromatic nitrogens is 1. The lowest BCUT2D eigenvalue weighted by Gasteiger charge is -2.25. The molecule has 2 heterocycles. The second kappa shape index (κ2) is 13.5. The van der Waals surface area contributed by atoms with Gasteiger partial charge in [0, 0.05) is 5.56 Å². The number of rotatable bonds is 9. The molecule has 0 bridgehead atoms. The Kier molecular flexibility index (Phi) is 9.09. The molecule has 6 rings (SSSR count). The van der Waals surface area contributed by atoms with Crippen LogP contribution < -0.4 is 24.4 Å². The number of nitrogens with zero attached hydrogens (tertiary/aromatic N) is 2. The average molecular weight is 682 g/mol. The molecule has 0 aliphatic carbocycles. The van der Waals surface area contributed by atoms with E-state index in [1.807, 2.05) is 103 Å². The number of carbonyl (C=O) groups excluding carboxylic acids is 1. The van der Waals surface area contributed by atoms with Crippen LogP contribution in [0.25, 0.3) is 11.8 Å². The summed E-state index contributed by atoms with van der Waals surface area (Å²) in [6, 6.07) is 31.9. The predicted molar refractivity (Wildman–Crippen MR) is 179 cm³/mol. The van der Waals surface area contributed by atoms with Crippen LogP contribution >= 0.6 is 27.3 Å². The molecule has 1 aliphatic rings. The van der Waals surface area contributed by atoms with E-state index in [1.54, 1.807) is 24.7 Å². The van der Waals surface area contributed by atoms with E-state index in [1.165, 1.54) is 11.3 Å². The molecule has 0 radical (unpaired) electrons. The molecule has 7 nitrogen and oxygen atoms in total. The van der Waals surface area contributed by atoms with Gasteiger partial charge in [0.15, 0.2) is 16.3 Å². The van der Waals surface area contributed by atoms with E-state index >= 15 is 0 Å². The minimum absolute atomic E-state index is 0.193. The van der Waals surface area contributed by atoms with Crippen molar-refractivity contribution in [2.45, 2.75) is 19.6 Å². The number of carbonyl (C=O) groups is 1. The molecule has 45 heavy (non-hydrogen) atoms. The van der Waals surface area contributed by atoms with Gasteiger partial charge in [0.1, 0.15) is 6.61 Å². The summed E-state index contributed by atoms with van der Waals surface area (Å²) in [6.07, 6.45) is 1.80. The number of hydrogen-bond donors (Lipinski definition) is 0. The Morgan fingerprint density at radius 1 is 0.978 bits per heavy atom. The third kappa shape index (κ3) is 6.27. The zero-order valence-electron chi connectivity index (χ0n) is 24.6. The van der Waals surface area contributed by atoms with Crippen molar-refractivity contribution >= 4 is 45.0 Å². The number of benzene rings is 4. The predicted octanol–water partition coefficient (Wildman–Crippen LogP) is 6.29. The summed E-state index contributed by atoms with van der Waals surface area (Å²) in [7, 11) is 1.58. The molecule has 0 saturated heterocycles. The van der Waals surface area contributed by atoms with Gasteiger partial charge >= 0.3 is 5.97 Å². The standard InChI is InChI=1S/C36H29BrN2O5S/c1-3-43-35(41)30-31(25-15-9-5-10-16-25)38-36-39(32(30)26-17-11-6-12-18-26)34(40)29(45-36)21-24-19-27(37)33(28(20-24)42-2)44-22-23-13-7-4-8-14-23/h4-21,32H,3,22H2,1-2H3/b29-21-/t32-/m1/s1. The minimum atomic E-state index is -0.728. The van der Waals surface area contributed by atoms with Crippen LogP contribution in [0.1, 0.15) is 35.2 Å². The van der Waals surface area contributed by atoms with Crippen molar-refractivity contribution in [3.63, 3.8) is 0 Å². The highest BCUT2D eigenvalue weighted by atomic mass is 79.9. The highest BCUT2D eigenvalue weighted by Gasteiger charge is 2.35. The Labute approximate surface area is 272 Å². The fraction of sp³-hybridized carbons (Fsp3) is 0.139. The van der Waals surface area contributed by atoms with Crippen LogP contribution in [0.4, 0.5) is 0 Å². The summed E-state index contributed by atoms with van der Waals surface area (Å²) in [4.78, 5) is 33.1. The zero-order chi connectivity index (χ0) is 31.3. The smallest absolute Gasteiger partial charge is 0.338 e. The molecule has 9 heteroatoms. The third-order valence-electron chi connectivity index (χ3n) is 7.26. The lowest BCUT2D eigenvalue weighted by molar-refractivity contribution is -0.138. The van der Waals surface area contributed by atoms with Gasteiger partial charge in [-0.05, 0) is 57.8 Å². The summed E-state index contributed by atoms with van der Waals surface area (Å²) >= 11 is 4.90. The van der Waals surface area contributed by atoms with Gasteiger partial charge in [-0.15, -0.1) is 0 Å². The Bertz CT molecular complexity index is 2060. The molecular formula is C36H29BrN2O5S. The first-order valence-electron chi connectivity index (χ1n) is 14.4. The Morgan fingerprint density at radius 3 is 2.31 bits per heavy atom. The van der Waals surface area contributed by atoms with Crippen molar-refractivity contribution in [2.24, 2.45) is 4.99 Å². The van der Waals surface area contributed by atoms with Crippen LogP contribution in [0.5, 0.6) is 11.5 Å². The quantitative estimate of drug-likeness (QED) is 0.171. The molecule has 1 atom stereocenters. The van der Waals surface area contributed by atoms with E-state index in [2.05, 4.69) is 15.9 Å². The van der Waals surface area contributed by atoms with Crippen LogP contribution in [0.3, 0.4) is 0 Å². The van der Waals surface area contributed by atoms with Crippen molar-refractivity contribution in [3.8, 4) is 11.5 Å². The van der Waals surface area contributed by atoms with Crippen LogP contribution in [0, 0.1) is 0 Å². The molecule has 1 aliphatic heterocycles. The van der Waals surface area contributed by atoms with Crippen LogP contribution in [-0.4, -0.2) is 24.3 Å². The maximum absolute atomic E-state index is 14.2. The number of esters is 1. The molecule has 226 valence electrons. The summed E-state index contributed by atoms with van der Waals surface area (Å²) in [5, 5.41) is 0. The fourth-order valence-electron chi connectivity index (χ4n) is 5.24. The van der Waals surface area contributed by atoms with E-state index in [4.69, 9.17) is 19.2 Å². The Balaban J connectivity index is 1.49. The average Bonchev–Trinajstić information content (AvgIpc) is 3.38. The van der Waals surface area contributed by atoms with Crippen LogP contribution in [0.2, 0.25) is 0 Å². The summed E-state index contributed by atoms with van der Waals surface area (Å²) in [5.74, 6) is 0.580. The maximum Gasteiger partial charge on any atom is 0.338 e. The highest BCUT2D eigenvalue weighted by Crippen LogP contribution is 2.38. The van der Waals surface area contributed by atoms with E-state index in [0.29, 0.717) is 43.2 Å². The van der Waals surface area contributed by atoms with E-state index < -0.39 is 12.0 Å². The molecule has 0 saturated carbocycles. The second-order valence-electron chi connectivity index (χ2n) is 10.2. The molecule has 0 spiro atoms. The lowest BCUT2D eigenvalue weighted by atomic mass is 9.93. The van der Waals surface area contributed by atoms with Gasteiger partial charge in [0.25, 0.3) is 5.56 Å². The van der Waals surface area contributed by atoms with Gasteiger partial charge in [-0.3, -0.25) is 9.36 Å². The van der Waals surface area contributed by atoms with Gasteiger partial charge in [0.2, 0.25) is 0 Å². The molecule has 4 aromatic carbocycles. The van der Waals surface area contributed by atoms with Crippen molar-refractivity contribution in [3.05, 3.63) is 155 Å². The van der Waals surface area contributed by atoms with Gasteiger partial charge in [-0.2, -0.15) is 0 Å². The topological polar surface area (TPSA) is 79.1 Å². The molecule has 0 amide bonds. The Hall–Kier alpha value is -4.73. The molecule has 1 aromatic heterocycles. The van der Waals surface area contributed by atoms with Gasteiger partial charge < -0.3 is 14.2 Å². The molecule has 5 aromatic rings. The first-order chi connectivity index (χ1) is 22.0. The summed E-state index contributed by atoms with van der Waals surface area (Å²) in [5.41, 5.74) is 3.85. The first-order valence-corrected chi connectivity index (χ1v) is 16.0. The van der Waals surface area contributed by atoms with Crippen LogP contribution in [-0.2, 0) is 16.1 Å². The third-order valence-corrected chi connectivity index (χ3v) is 8.84. The maximum atomic E-state index is 14.2. The number of thiazole rings is 1. The molecule has 0 N–H and O–H groups in total. The fourth-order valence-corrected chi connectivity index (χ4v) is 6.81. The van der Waals surface area contributed by atoms with Crippen molar-refractivity contribution in [2.75, 3.05) is 13.7 Å². The van der Waals surface area contributed by atoms with E-state index in [9.17, 15) is 9.59 Å². The largest absolute Gasteiger partial charge is 0.493 e. The van der Waals surface area contributed by atoms with Gasteiger partial charge in [-0.25, -0.2) is 9.79 Å². The normalized spacial score (nSPS) is 14.5. The molecule has 0 fully saturated rings. The number of fused-ring (bicyclic) bond motifs is 1. The zero-order valence-corrected chi connectivity index (χ0v) is 27.0. The number of hydrogen-bond acceptors (Lipinski definition) is 7. The second-order valence-corrected chi connectivity index (χ2v) is 12.0. The SMILES string of the molecule is CCOC(=O)C1=C(c2ccccc2)N=c2s/c(=C\c3cc(Br)c(OCc4ccccc4)c(OC)c3)c(=O)n2[C@@H]1c1ccccc1. The van der Waals surface area contributed by atoms with Gasteiger partial charge in [-0.1, -0.05) is 102 Å². The van der Waals surface area contributed by atoms with E-state index in [-0.39, 0.29) is 12.2 Å². The molecule has 0 unspecified atom stereocenters. The summed E-state index contributed by atoms with van der Waals surface area (Å²) in [6.45, 7) is 2.33. The monoisotopic (exact) mass is 680 g/mol. The highest BCUT2D eigenvalue weighted by molar-refractivity contribution is 9.10. The lowest BCUT2D eigenvalue weighted by Crippen LogP contribution is -2.39.